The van der Waals surface area contributed by atoms with E-state index in [2.05, 4.69) is 5.10 Å². The van der Waals surface area contributed by atoms with E-state index in [0.717, 1.165) is 4.90 Å². The highest BCUT2D eigenvalue weighted by molar-refractivity contribution is 5.90. The first-order valence-electron chi connectivity index (χ1n) is 7.13. The second kappa shape index (κ2) is 5.64. The molecule has 0 bridgehead atoms. The molecule has 1 unspecified atom stereocenters. The molecule has 1 aliphatic rings. The van der Waals surface area contributed by atoms with Crippen LogP contribution in [-0.2, 0) is 4.74 Å². The van der Waals surface area contributed by atoms with Gasteiger partial charge in [-0.3, -0.25) is 15.0 Å². The summed E-state index contributed by atoms with van der Waals surface area (Å²) in [4.78, 5) is 23.5. The fourth-order valence-corrected chi connectivity index (χ4v) is 2.49. The molecule has 1 aromatic rings. The Morgan fingerprint density at radius 1 is 1.38 bits per heavy atom. The van der Waals surface area contributed by atoms with Gasteiger partial charge in [-0.05, 0) is 34.1 Å². The van der Waals surface area contributed by atoms with E-state index in [9.17, 15) is 28.1 Å². The molecule has 0 aromatic carbocycles. The molecule has 1 aliphatic heterocycles. The maximum Gasteiger partial charge on any atom is 0.416 e. The number of amides is 1. The Kier molecular flexibility index (Phi) is 4.23. The number of aryl methyl sites for hydroxylation is 1. The van der Waals surface area contributed by atoms with E-state index >= 15 is 0 Å². The van der Waals surface area contributed by atoms with Crippen LogP contribution >= 0.6 is 0 Å². The summed E-state index contributed by atoms with van der Waals surface area (Å²) in [5.41, 5.74) is -1.72. The lowest BCUT2D eigenvalue weighted by molar-refractivity contribution is -0.384. The molecule has 24 heavy (non-hydrogen) atoms. The van der Waals surface area contributed by atoms with Crippen molar-refractivity contribution < 1.29 is 27.6 Å². The minimum absolute atomic E-state index is 0.195. The van der Waals surface area contributed by atoms with Crippen LogP contribution in [0.5, 0.6) is 0 Å². The molecular formula is C13H17F3N4O4. The van der Waals surface area contributed by atoms with Gasteiger partial charge in [-0.1, -0.05) is 0 Å². The number of carbonyl (C=O) groups is 1. The molecule has 0 spiro atoms. The first-order chi connectivity index (χ1) is 10.8. The summed E-state index contributed by atoms with van der Waals surface area (Å²) in [6.07, 6.45) is -6.05. The van der Waals surface area contributed by atoms with Crippen LogP contribution in [0.3, 0.4) is 0 Å². The van der Waals surface area contributed by atoms with Gasteiger partial charge in [0.15, 0.2) is 6.04 Å². The van der Waals surface area contributed by atoms with Crippen molar-refractivity contribution in [2.24, 2.45) is 0 Å². The molecule has 8 nitrogen and oxygen atoms in total. The molecule has 1 amide bonds. The normalized spacial score (nSPS) is 18.3. The minimum Gasteiger partial charge on any atom is -0.443 e. The van der Waals surface area contributed by atoms with Crippen molar-refractivity contribution in [1.82, 2.24) is 9.78 Å². The van der Waals surface area contributed by atoms with Crippen LogP contribution in [0.2, 0.25) is 0 Å². The Bertz CT molecular complexity index is 678. The minimum atomic E-state index is -4.64. The van der Waals surface area contributed by atoms with Gasteiger partial charge >= 0.3 is 18.0 Å². The number of carbonyl (C=O) groups excluding carboxylic acids is 1. The maximum atomic E-state index is 13.2. The predicted octanol–water partition coefficient (Wildman–Crippen LogP) is 3.35. The Labute approximate surface area is 135 Å². The van der Waals surface area contributed by atoms with Crippen LogP contribution in [0.1, 0.15) is 38.9 Å². The van der Waals surface area contributed by atoms with Crippen LogP contribution in [0.25, 0.3) is 0 Å². The van der Waals surface area contributed by atoms with E-state index in [4.69, 9.17) is 4.74 Å². The molecule has 0 saturated heterocycles. The third-order valence-electron chi connectivity index (χ3n) is 3.38. The van der Waals surface area contributed by atoms with Gasteiger partial charge in [-0.15, -0.1) is 0 Å². The number of ether oxygens (including phenoxy) is 1. The van der Waals surface area contributed by atoms with Crippen LogP contribution in [-0.4, -0.2) is 39.1 Å². The zero-order valence-electron chi connectivity index (χ0n) is 13.5. The fourth-order valence-electron chi connectivity index (χ4n) is 2.49. The SMILES string of the molecule is Cc1nn2c(c1[N+](=O)[O-])N(C(=O)OC(C)(C)C)CCC2C(F)(F)F. The molecule has 11 heteroatoms. The van der Waals surface area contributed by atoms with Gasteiger partial charge in [0.25, 0.3) is 0 Å². The Morgan fingerprint density at radius 3 is 2.42 bits per heavy atom. The van der Waals surface area contributed by atoms with Crippen LogP contribution in [0.4, 0.5) is 29.5 Å². The van der Waals surface area contributed by atoms with E-state index in [1.165, 1.54) is 6.92 Å². The first-order valence-corrected chi connectivity index (χ1v) is 7.13. The summed E-state index contributed by atoms with van der Waals surface area (Å²) in [7, 11) is 0. The van der Waals surface area contributed by atoms with Crippen molar-refractivity contribution in [3.8, 4) is 0 Å². The highest BCUT2D eigenvalue weighted by atomic mass is 19.4. The second-order valence-electron chi connectivity index (χ2n) is 6.44. The second-order valence-corrected chi connectivity index (χ2v) is 6.44. The van der Waals surface area contributed by atoms with Crippen LogP contribution < -0.4 is 4.90 Å². The zero-order chi connectivity index (χ0) is 18.4. The lowest BCUT2D eigenvalue weighted by Gasteiger charge is -2.34. The smallest absolute Gasteiger partial charge is 0.416 e. The Hall–Kier alpha value is -2.33. The standard InChI is InChI=1S/C13H17F3N4O4/c1-7-9(20(22)23)10-18(11(21)24-12(2,3)4)6-5-8(13(14,15)16)19(10)17-7/h8H,5-6H2,1-4H3. The topological polar surface area (TPSA) is 90.5 Å². The predicted molar refractivity (Wildman–Crippen MR) is 76.9 cm³/mol. The van der Waals surface area contributed by atoms with Gasteiger partial charge in [0.2, 0.25) is 5.82 Å². The quantitative estimate of drug-likeness (QED) is 0.572. The lowest BCUT2D eigenvalue weighted by Crippen LogP contribution is -2.45. The van der Waals surface area contributed by atoms with Crippen LogP contribution in [0.15, 0.2) is 0 Å². The summed E-state index contributed by atoms with van der Waals surface area (Å²) in [6.45, 7) is 5.63. The summed E-state index contributed by atoms with van der Waals surface area (Å²) in [6, 6.07) is -2.03. The largest absolute Gasteiger partial charge is 0.443 e. The van der Waals surface area contributed by atoms with E-state index in [0.29, 0.717) is 4.68 Å². The van der Waals surface area contributed by atoms with Gasteiger partial charge in [-0.2, -0.15) is 18.3 Å². The molecule has 2 rings (SSSR count). The number of hydrogen-bond donors (Lipinski definition) is 0. The van der Waals surface area contributed by atoms with Gasteiger partial charge in [0.1, 0.15) is 11.3 Å². The Morgan fingerprint density at radius 2 is 1.96 bits per heavy atom. The number of halogens is 3. The zero-order valence-corrected chi connectivity index (χ0v) is 13.5. The lowest BCUT2D eigenvalue weighted by atomic mass is 10.1. The highest BCUT2D eigenvalue weighted by Gasteiger charge is 2.49. The fraction of sp³-hybridized carbons (Fsp3) is 0.692. The summed E-state index contributed by atoms with van der Waals surface area (Å²) in [5, 5.41) is 14.9. The number of rotatable bonds is 1. The van der Waals surface area contributed by atoms with Crippen molar-refractivity contribution >= 4 is 17.6 Å². The Balaban J connectivity index is 2.56. The number of alkyl halides is 3. The first kappa shape index (κ1) is 18.0. The number of nitro groups is 1. The molecular weight excluding hydrogens is 333 g/mol. The molecule has 0 saturated carbocycles. The van der Waals surface area contributed by atoms with E-state index in [1.807, 2.05) is 0 Å². The third kappa shape index (κ3) is 3.29. The average Bonchev–Trinajstić information content (AvgIpc) is 2.70. The number of anilines is 1. The number of aromatic nitrogens is 2. The van der Waals surface area contributed by atoms with Gasteiger partial charge < -0.3 is 4.74 Å². The van der Waals surface area contributed by atoms with Crippen molar-refractivity contribution in [3.05, 3.63) is 15.8 Å². The monoisotopic (exact) mass is 350 g/mol. The van der Waals surface area contributed by atoms with E-state index in [-0.39, 0.29) is 12.2 Å². The molecule has 0 N–H and O–H groups in total. The molecule has 2 heterocycles. The van der Waals surface area contributed by atoms with Crippen molar-refractivity contribution in [3.63, 3.8) is 0 Å². The highest BCUT2D eigenvalue weighted by Crippen LogP contribution is 2.44. The van der Waals surface area contributed by atoms with E-state index in [1.54, 1.807) is 20.8 Å². The summed E-state index contributed by atoms with van der Waals surface area (Å²) < 4.78 is 45.2. The molecule has 0 radical (unpaired) electrons. The molecule has 0 fully saturated rings. The molecule has 134 valence electrons. The van der Waals surface area contributed by atoms with Crippen molar-refractivity contribution in [2.45, 2.75) is 51.9 Å². The number of hydrogen-bond acceptors (Lipinski definition) is 5. The van der Waals surface area contributed by atoms with Gasteiger partial charge in [0, 0.05) is 6.54 Å². The maximum absolute atomic E-state index is 13.2. The third-order valence-corrected chi connectivity index (χ3v) is 3.38. The van der Waals surface area contributed by atoms with E-state index < -0.39 is 46.8 Å². The molecule has 1 atom stereocenters. The number of nitrogens with zero attached hydrogens (tertiary/aromatic N) is 4. The number of fused-ring (bicyclic) bond motifs is 1. The summed E-state index contributed by atoms with van der Waals surface area (Å²) in [5.74, 6) is -0.500. The molecule has 1 aromatic heterocycles. The molecule has 0 aliphatic carbocycles. The summed E-state index contributed by atoms with van der Waals surface area (Å²) >= 11 is 0. The van der Waals surface area contributed by atoms with Gasteiger partial charge in [0.05, 0.1) is 4.92 Å². The van der Waals surface area contributed by atoms with Crippen LogP contribution in [0, 0.1) is 17.0 Å². The average molecular weight is 350 g/mol. The van der Waals surface area contributed by atoms with Crippen molar-refractivity contribution in [1.29, 1.82) is 0 Å². The van der Waals surface area contributed by atoms with Gasteiger partial charge in [-0.25, -0.2) is 9.48 Å². The van der Waals surface area contributed by atoms with Crippen molar-refractivity contribution in [2.75, 3.05) is 11.4 Å².